The van der Waals surface area contributed by atoms with E-state index in [0.717, 1.165) is 16.0 Å². The van der Waals surface area contributed by atoms with Crippen molar-refractivity contribution in [3.63, 3.8) is 0 Å². The van der Waals surface area contributed by atoms with Gasteiger partial charge in [0.1, 0.15) is 5.75 Å². The number of nitrogens with two attached hydrogens (primary N) is 1. The monoisotopic (exact) mass is 335 g/mol. The van der Waals surface area contributed by atoms with E-state index in [9.17, 15) is 0 Å². The lowest BCUT2D eigenvalue weighted by Crippen LogP contribution is -2.11. The van der Waals surface area contributed by atoms with Gasteiger partial charge in [0.25, 0.3) is 0 Å². The number of benzene rings is 1. The highest BCUT2D eigenvalue weighted by atomic mass is 35.5. The first-order valence-electron chi connectivity index (χ1n) is 5.47. The van der Waals surface area contributed by atoms with Crippen molar-refractivity contribution in [3.05, 3.63) is 48.6 Å². The molecular formula is C13H12Cl3NOS. The molecule has 102 valence electrons. The second-order valence-electron chi connectivity index (χ2n) is 4.08. The van der Waals surface area contributed by atoms with Gasteiger partial charge in [-0.2, -0.15) is 0 Å². The summed E-state index contributed by atoms with van der Waals surface area (Å²) in [4.78, 5) is 0.877. The number of hydrogen-bond donors (Lipinski definition) is 1. The summed E-state index contributed by atoms with van der Waals surface area (Å²) in [5, 5.41) is 3.63. The summed E-state index contributed by atoms with van der Waals surface area (Å²) in [6.45, 7) is 1.94. The van der Waals surface area contributed by atoms with Gasteiger partial charge in [-0.15, -0.1) is 11.3 Å². The Morgan fingerprint density at radius 3 is 2.42 bits per heavy atom. The van der Waals surface area contributed by atoms with Crippen LogP contribution in [0.2, 0.25) is 15.1 Å². The van der Waals surface area contributed by atoms with Gasteiger partial charge in [0, 0.05) is 16.0 Å². The van der Waals surface area contributed by atoms with E-state index in [4.69, 9.17) is 45.3 Å². The second-order valence-corrected chi connectivity index (χ2v) is 6.19. The van der Waals surface area contributed by atoms with Crippen molar-refractivity contribution in [2.75, 3.05) is 7.11 Å². The second kappa shape index (κ2) is 5.90. The number of halogens is 3. The lowest BCUT2D eigenvalue weighted by molar-refractivity contribution is 0.415. The quantitative estimate of drug-likeness (QED) is 0.849. The molecule has 2 aromatic rings. The first kappa shape index (κ1) is 14.9. The third-order valence-electron chi connectivity index (χ3n) is 2.81. The van der Waals surface area contributed by atoms with Crippen LogP contribution in [0.1, 0.15) is 22.0 Å². The summed E-state index contributed by atoms with van der Waals surface area (Å²) in [5.41, 5.74) is 7.97. The molecule has 2 nitrogen and oxygen atoms in total. The van der Waals surface area contributed by atoms with Gasteiger partial charge in [0.2, 0.25) is 0 Å². The maximum atomic E-state index is 6.23. The molecule has 0 aliphatic heterocycles. The maximum Gasteiger partial charge on any atom is 0.138 e. The van der Waals surface area contributed by atoms with Crippen molar-refractivity contribution in [2.45, 2.75) is 13.0 Å². The van der Waals surface area contributed by atoms with Crippen LogP contribution in [0.15, 0.2) is 17.5 Å². The smallest absolute Gasteiger partial charge is 0.138 e. The Morgan fingerprint density at radius 2 is 1.89 bits per heavy atom. The lowest BCUT2D eigenvalue weighted by Gasteiger charge is -2.15. The van der Waals surface area contributed by atoms with Crippen molar-refractivity contribution < 1.29 is 4.74 Å². The number of rotatable bonds is 3. The Kier molecular flexibility index (Phi) is 4.64. The molecule has 0 bridgehead atoms. The summed E-state index contributed by atoms with van der Waals surface area (Å²) >= 11 is 20.1. The van der Waals surface area contributed by atoms with Gasteiger partial charge in [0.15, 0.2) is 0 Å². The van der Waals surface area contributed by atoms with Crippen LogP contribution in [0.3, 0.4) is 0 Å². The van der Waals surface area contributed by atoms with E-state index in [0.29, 0.717) is 20.8 Å². The van der Waals surface area contributed by atoms with Crippen molar-refractivity contribution in [1.82, 2.24) is 0 Å². The fourth-order valence-corrected chi connectivity index (χ4v) is 3.59. The molecule has 0 amide bonds. The molecule has 0 aliphatic carbocycles. The van der Waals surface area contributed by atoms with Gasteiger partial charge in [-0.25, -0.2) is 0 Å². The highest BCUT2D eigenvalue weighted by Gasteiger charge is 2.20. The molecule has 1 atom stereocenters. The number of aryl methyl sites for hydroxylation is 1. The Morgan fingerprint density at radius 1 is 1.21 bits per heavy atom. The topological polar surface area (TPSA) is 35.2 Å². The van der Waals surface area contributed by atoms with Gasteiger partial charge in [0.05, 0.1) is 23.2 Å². The third-order valence-corrected chi connectivity index (χ3v) is 5.23. The molecule has 0 spiro atoms. The van der Waals surface area contributed by atoms with Crippen LogP contribution in [-0.4, -0.2) is 7.11 Å². The molecule has 0 fully saturated rings. The number of methoxy groups -OCH3 is 1. The van der Waals surface area contributed by atoms with Crippen LogP contribution in [0.5, 0.6) is 5.75 Å². The zero-order valence-corrected chi connectivity index (χ0v) is 13.4. The summed E-state index contributed by atoms with van der Waals surface area (Å²) in [5.74, 6) is 0.524. The Balaban J connectivity index is 2.47. The SMILES string of the molecule is COc1cc(Cl)c(C(N)c2scc(C)c2Cl)cc1Cl. The van der Waals surface area contributed by atoms with Crippen LogP contribution in [0, 0.1) is 6.92 Å². The summed E-state index contributed by atoms with van der Waals surface area (Å²) < 4.78 is 5.11. The Hall–Kier alpha value is -0.450. The van der Waals surface area contributed by atoms with E-state index in [1.807, 2.05) is 12.3 Å². The van der Waals surface area contributed by atoms with Crippen molar-refractivity contribution in [1.29, 1.82) is 0 Å². The van der Waals surface area contributed by atoms with Crippen molar-refractivity contribution in [2.24, 2.45) is 5.73 Å². The van der Waals surface area contributed by atoms with Gasteiger partial charge in [-0.05, 0) is 29.5 Å². The molecule has 1 unspecified atom stereocenters. The van der Waals surface area contributed by atoms with Gasteiger partial charge in [-0.3, -0.25) is 0 Å². The first-order valence-corrected chi connectivity index (χ1v) is 7.49. The number of hydrogen-bond acceptors (Lipinski definition) is 3. The van der Waals surface area contributed by atoms with Crippen LogP contribution in [0.25, 0.3) is 0 Å². The highest BCUT2D eigenvalue weighted by molar-refractivity contribution is 7.10. The molecular weight excluding hydrogens is 325 g/mol. The first-order chi connectivity index (χ1) is 8.95. The molecule has 0 radical (unpaired) electrons. The number of thiophene rings is 1. The zero-order valence-electron chi connectivity index (χ0n) is 10.3. The Bertz CT molecular complexity index is 612. The Labute approximate surface area is 131 Å². The largest absolute Gasteiger partial charge is 0.495 e. The molecule has 1 aromatic carbocycles. The van der Waals surface area contributed by atoms with E-state index in [2.05, 4.69) is 0 Å². The molecule has 0 saturated heterocycles. The summed E-state index contributed by atoms with van der Waals surface area (Å²) in [7, 11) is 1.54. The van der Waals surface area contributed by atoms with E-state index < -0.39 is 6.04 Å². The van der Waals surface area contributed by atoms with E-state index >= 15 is 0 Å². The van der Waals surface area contributed by atoms with E-state index in [-0.39, 0.29) is 0 Å². The fraction of sp³-hybridized carbons (Fsp3) is 0.231. The normalized spacial score (nSPS) is 12.5. The molecule has 1 aromatic heterocycles. The lowest BCUT2D eigenvalue weighted by atomic mass is 10.1. The highest BCUT2D eigenvalue weighted by Crippen LogP contribution is 2.39. The average Bonchev–Trinajstić information content (AvgIpc) is 2.71. The van der Waals surface area contributed by atoms with Crippen LogP contribution >= 0.6 is 46.1 Å². The van der Waals surface area contributed by atoms with Crippen LogP contribution < -0.4 is 10.5 Å². The minimum atomic E-state index is -0.401. The molecule has 0 aliphatic rings. The van der Waals surface area contributed by atoms with Gasteiger partial charge < -0.3 is 10.5 Å². The van der Waals surface area contributed by atoms with Gasteiger partial charge in [-0.1, -0.05) is 34.8 Å². The average molecular weight is 337 g/mol. The molecule has 6 heteroatoms. The summed E-state index contributed by atoms with van der Waals surface area (Å²) in [6.07, 6.45) is 0. The zero-order chi connectivity index (χ0) is 14.2. The minimum Gasteiger partial charge on any atom is -0.495 e. The van der Waals surface area contributed by atoms with E-state index in [1.54, 1.807) is 12.1 Å². The molecule has 2 rings (SSSR count). The van der Waals surface area contributed by atoms with Crippen molar-refractivity contribution in [3.8, 4) is 5.75 Å². The molecule has 1 heterocycles. The van der Waals surface area contributed by atoms with Crippen LogP contribution in [0.4, 0.5) is 0 Å². The fourth-order valence-electron chi connectivity index (χ4n) is 1.74. The van der Waals surface area contributed by atoms with Crippen molar-refractivity contribution >= 4 is 46.1 Å². The molecule has 2 N–H and O–H groups in total. The summed E-state index contributed by atoms with van der Waals surface area (Å²) in [6, 6.07) is 2.98. The number of ether oxygens (including phenoxy) is 1. The third kappa shape index (κ3) is 2.86. The van der Waals surface area contributed by atoms with Gasteiger partial charge >= 0.3 is 0 Å². The predicted molar refractivity (Wildman–Crippen MR) is 83.1 cm³/mol. The molecule has 0 saturated carbocycles. The maximum absolute atomic E-state index is 6.23. The predicted octanol–water partition coefficient (Wildman–Crippen LogP) is 5.07. The minimum absolute atomic E-state index is 0.401. The van der Waals surface area contributed by atoms with E-state index in [1.165, 1.54) is 18.4 Å². The van der Waals surface area contributed by atoms with Crippen LogP contribution in [-0.2, 0) is 0 Å². The molecule has 19 heavy (non-hydrogen) atoms. The standard InChI is InChI=1S/C13H12Cl3NOS/c1-6-5-19-13(11(6)16)12(17)7-3-9(15)10(18-2)4-8(7)14/h3-5,12H,17H2,1-2H3.